The van der Waals surface area contributed by atoms with E-state index in [1.54, 1.807) is 12.1 Å². The molecule has 0 unspecified atom stereocenters. The zero-order valence-corrected chi connectivity index (χ0v) is 12.0. The summed E-state index contributed by atoms with van der Waals surface area (Å²) in [6.45, 7) is 0. The van der Waals surface area contributed by atoms with Gasteiger partial charge in [-0.25, -0.2) is 0 Å². The molecule has 2 aromatic rings. The molecule has 17 heavy (non-hydrogen) atoms. The number of amides is 1. The zero-order valence-electron chi connectivity index (χ0n) is 8.78. The van der Waals surface area contributed by atoms with Gasteiger partial charge in [0.15, 0.2) is 0 Å². The zero-order chi connectivity index (χ0) is 12.3. The van der Waals surface area contributed by atoms with Gasteiger partial charge in [0.05, 0.1) is 0 Å². The molecular weight excluding hydrogens is 346 g/mol. The van der Waals surface area contributed by atoms with E-state index in [2.05, 4.69) is 37.2 Å². The normalized spacial score (nSPS) is 10.0. The predicted octanol–water partition coefficient (Wildman–Crippen LogP) is 4.46. The van der Waals surface area contributed by atoms with E-state index in [1.165, 1.54) is 0 Å². The van der Waals surface area contributed by atoms with E-state index in [9.17, 15) is 4.79 Å². The number of hydrogen-bond acceptors (Lipinski definition) is 1. The Hall–Kier alpha value is -1.13. The molecule has 2 nitrogen and oxygen atoms in total. The summed E-state index contributed by atoms with van der Waals surface area (Å²) in [5.74, 6) is -0.115. The van der Waals surface area contributed by atoms with Crippen molar-refractivity contribution in [2.75, 3.05) is 5.32 Å². The Morgan fingerprint density at radius 3 is 2.29 bits per heavy atom. The van der Waals surface area contributed by atoms with E-state index < -0.39 is 0 Å². The summed E-state index contributed by atoms with van der Waals surface area (Å²) in [5.41, 5.74) is 1.40. The van der Waals surface area contributed by atoms with Crippen LogP contribution < -0.4 is 5.32 Å². The van der Waals surface area contributed by atoms with Crippen molar-refractivity contribution in [3.8, 4) is 0 Å². The average Bonchev–Trinajstić information content (AvgIpc) is 2.29. The first-order valence-electron chi connectivity index (χ1n) is 4.97. The quantitative estimate of drug-likeness (QED) is 0.847. The van der Waals surface area contributed by atoms with Gasteiger partial charge < -0.3 is 5.32 Å². The first-order valence-corrected chi connectivity index (χ1v) is 6.56. The van der Waals surface area contributed by atoms with Gasteiger partial charge in [-0.05, 0) is 42.5 Å². The Balaban J connectivity index is 2.14. The molecule has 0 aliphatic rings. The third-order valence-electron chi connectivity index (χ3n) is 2.19. The van der Waals surface area contributed by atoms with Crippen molar-refractivity contribution < 1.29 is 4.79 Å². The van der Waals surface area contributed by atoms with Gasteiger partial charge in [0.25, 0.3) is 5.91 Å². The minimum atomic E-state index is -0.115. The van der Waals surface area contributed by atoms with E-state index in [0.717, 1.165) is 14.6 Å². The van der Waals surface area contributed by atoms with Gasteiger partial charge in [-0.15, -0.1) is 0 Å². The van der Waals surface area contributed by atoms with Gasteiger partial charge in [-0.2, -0.15) is 0 Å². The number of hydrogen-bond donors (Lipinski definition) is 1. The second kappa shape index (κ2) is 5.47. The van der Waals surface area contributed by atoms with Gasteiger partial charge in [-0.1, -0.05) is 37.9 Å². The average molecular weight is 355 g/mol. The third-order valence-corrected chi connectivity index (χ3v) is 3.21. The highest BCUT2D eigenvalue weighted by Crippen LogP contribution is 2.17. The first kappa shape index (κ1) is 12.3. The van der Waals surface area contributed by atoms with Gasteiger partial charge in [0, 0.05) is 20.2 Å². The number of anilines is 1. The summed E-state index contributed by atoms with van der Waals surface area (Å²) in [4.78, 5) is 11.9. The summed E-state index contributed by atoms with van der Waals surface area (Å²) in [6.07, 6.45) is 0. The van der Waals surface area contributed by atoms with Gasteiger partial charge in [0.2, 0.25) is 0 Å². The van der Waals surface area contributed by atoms with Crippen molar-refractivity contribution in [1.82, 2.24) is 0 Å². The Kier molecular flexibility index (Phi) is 3.97. The Morgan fingerprint density at radius 1 is 0.941 bits per heavy atom. The lowest BCUT2D eigenvalue weighted by Gasteiger charge is -2.05. The summed E-state index contributed by atoms with van der Waals surface area (Å²) in [6, 6.07) is 14.7. The topological polar surface area (TPSA) is 29.1 Å². The highest BCUT2D eigenvalue weighted by molar-refractivity contribution is 9.10. The van der Waals surface area contributed by atoms with Crippen molar-refractivity contribution in [3.05, 3.63) is 63.0 Å². The fraction of sp³-hybridized carbons (Fsp3) is 0. The van der Waals surface area contributed by atoms with Crippen LogP contribution in [0.2, 0.25) is 0 Å². The largest absolute Gasteiger partial charge is 0.322 e. The van der Waals surface area contributed by atoms with Gasteiger partial charge in [0.1, 0.15) is 0 Å². The van der Waals surface area contributed by atoms with Gasteiger partial charge >= 0.3 is 0 Å². The molecule has 0 aliphatic carbocycles. The van der Waals surface area contributed by atoms with E-state index >= 15 is 0 Å². The van der Waals surface area contributed by atoms with Crippen LogP contribution in [0.25, 0.3) is 0 Å². The lowest BCUT2D eigenvalue weighted by molar-refractivity contribution is 0.102. The molecule has 0 heterocycles. The molecule has 1 amide bonds. The first-order chi connectivity index (χ1) is 8.15. The smallest absolute Gasteiger partial charge is 0.255 e. The monoisotopic (exact) mass is 353 g/mol. The molecule has 2 aromatic carbocycles. The highest BCUT2D eigenvalue weighted by atomic mass is 79.9. The minimum absolute atomic E-state index is 0.115. The lowest BCUT2D eigenvalue weighted by atomic mass is 10.2. The summed E-state index contributed by atoms with van der Waals surface area (Å²) < 4.78 is 1.89. The van der Waals surface area contributed by atoms with Gasteiger partial charge in [-0.3, -0.25) is 4.79 Å². The maximum atomic E-state index is 11.9. The fourth-order valence-electron chi connectivity index (χ4n) is 1.37. The molecule has 0 radical (unpaired) electrons. The molecule has 0 saturated heterocycles. The predicted molar refractivity (Wildman–Crippen MR) is 76.2 cm³/mol. The molecule has 0 atom stereocenters. The molecule has 86 valence electrons. The number of carbonyl (C=O) groups is 1. The molecule has 0 fully saturated rings. The number of benzene rings is 2. The number of nitrogens with one attached hydrogen (secondary N) is 1. The number of carbonyl (C=O) groups excluding carboxylic acids is 1. The van der Waals surface area contributed by atoms with Crippen molar-refractivity contribution in [1.29, 1.82) is 0 Å². The SMILES string of the molecule is O=C(Nc1cccc(Br)c1)c1ccc(Br)cc1. The Bertz CT molecular complexity index is 537. The third kappa shape index (κ3) is 3.41. The van der Waals surface area contributed by atoms with Crippen LogP contribution in [0.1, 0.15) is 10.4 Å². The molecule has 0 saturated carbocycles. The summed E-state index contributed by atoms with van der Waals surface area (Å²) in [7, 11) is 0. The second-order valence-electron chi connectivity index (χ2n) is 3.47. The molecule has 0 bridgehead atoms. The number of rotatable bonds is 2. The maximum absolute atomic E-state index is 11.9. The van der Waals surface area contributed by atoms with Crippen molar-refractivity contribution in [3.63, 3.8) is 0 Å². The van der Waals surface area contributed by atoms with Crippen LogP contribution in [0.5, 0.6) is 0 Å². The molecular formula is C13H9Br2NO. The molecule has 0 spiro atoms. The van der Waals surface area contributed by atoms with Crippen molar-refractivity contribution in [2.24, 2.45) is 0 Å². The van der Waals surface area contributed by atoms with Crippen molar-refractivity contribution in [2.45, 2.75) is 0 Å². The Morgan fingerprint density at radius 2 is 1.65 bits per heavy atom. The van der Waals surface area contributed by atoms with Crippen molar-refractivity contribution >= 4 is 43.5 Å². The molecule has 4 heteroatoms. The van der Waals surface area contributed by atoms with Crippen LogP contribution >= 0.6 is 31.9 Å². The molecule has 0 aromatic heterocycles. The second-order valence-corrected chi connectivity index (χ2v) is 5.30. The lowest BCUT2D eigenvalue weighted by Crippen LogP contribution is -2.11. The maximum Gasteiger partial charge on any atom is 0.255 e. The van der Waals surface area contributed by atoms with E-state index in [0.29, 0.717) is 5.56 Å². The van der Waals surface area contributed by atoms with Crippen LogP contribution in [0.3, 0.4) is 0 Å². The standard InChI is InChI=1S/C13H9Br2NO/c14-10-6-4-9(5-7-10)13(17)16-12-3-1-2-11(15)8-12/h1-8H,(H,16,17). The minimum Gasteiger partial charge on any atom is -0.322 e. The van der Waals surface area contributed by atoms with Crippen LogP contribution in [0.15, 0.2) is 57.5 Å². The van der Waals surface area contributed by atoms with Crippen LogP contribution in [-0.4, -0.2) is 5.91 Å². The van der Waals surface area contributed by atoms with E-state index in [-0.39, 0.29) is 5.91 Å². The van der Waals surface area contributed by atoms with E-state index in [1.807, 2.05) is 36.4 Å². The number of halogens is 2. The molecule has 1 N–H and O–H groups in total. The van der Waals surface area contributed by atoms with Crippen LogP contribution in [0, 0.1) is 0 Å². The molecule has 0 aliphatic heterocycles. The van der Waals surface area contributed by atoms with E-state index in [4.69, 9.17) is 0 Å². The summed E-state index contributed by atoms with van der Waals surface area (Å²) in [5, 5.41) is 2.83. The van der Waals surface area contributed by atoms with Crippen LogP contribution in [0.4, 0.5) is 5.69 Å². The molecule has 2 rings (SSSR count). The van der Waals surface area contributed by atoms with Crippen LogP contribution in [-0.2, 0) is 0 Å². The fourth-order valence-corrected chi connectivity index (χ4v) is 2.03. The summed E-state index contributed by atoms with van der Waals surface area (Å²) >= 11 is 6.69. The highest BCUT2D eigenvalue weighted by Gasteiger charge is 2.05. The Labute approximate surface area is 116 Å².